The van der Waals surface area contributed by atoms with Crippen molar-refractivity contribution in [3.8, 4) is 0 Å². The molecule has 2 rings (SSSR count). The Morgan fingerprint density at radius 2 is 2.62 bits per heavy atom. The normalized spacial score (nSPS) is 10.5. The Morgan fingerprint density at radius 3 is 3.50 bits per heavy atom. The lowest BCUT2D eigenvalue weighted by molar-refractivity contribution is 1.07. The van der Waals surface area contributed by atoms with Crippen LogP contribution in [0.3, 0.4) is 0 Å². The van der Waals surface area contributed by atoms with Gasteiger partial charge < -0.3 is 0 Å². The van der Waals surface area contributed by atoms with Crippen molar-refractivity contribution in [1.29, 1.82) is 0 Å². The summed E-state index contributed by atoms with van der Waals surface area (Å²) in [5, 5.41) is 3.95. The molecule has 2 aromatic heterocycles. The molecule has 0 spiro atoms. The van der Waals surface area contributed by atoms with E-state index < -0.39 is 0 Å². The molecule has 4 heteroatoms. The Labute approximate surface area is 49.9 Å². The zero-order valence-electron chi connectivity index (χ0n) is 3.98. The van der Waals surface area contributed by atoms with Crippen LogP contribution in [0.2, 0.25) is 0 Å². The topological polar surface area (TPSA) is 30.2 Å². The lowest BCUT2D eigenvalue weighted by atomic mass is 10.6. The van der Waals surface area contributed by atoms with Crippen molar-refractivity contribution < 1.29 is 0 Å². The minimum Gasteiger partial charge on any atom is -0.181 e. The maximum atomic E-state index is 3.95. The number of aromatic nitrogens is 3. The second-order valence-corrected chi connectivity index (χ2v) is 2.17. The van der Waals surface area contributed by atoms with Gasteiger partial charge in [-0.2, -0.15) is 13.4 Å². The third kappa shape index (κ3) is 0.376. The van der Waals surface area contributed by atoms with Crippen LogP contribution in [0, 0.1) is 0 Å². The summed E-state index contributed by atoms with van der Waals surface area (Å²) in [4.78, 5) is 0. The molecule has 0 fully saturated rings. The fourth-order valence-corrected chi connectivity index (χ4v) is 1.13. The molecule has 3 nitrogen and oxygen atoms in total. The van der Waals surface area contributed by atoms with Gasteiger partial charge in [0, 0.05) is 0 Å². The summed E-state index contributed by atoms with van der Waals surface area (Å²) in [5.41, 5.74) is 1.06. The fraction of sp³-hybridized carbons (Fsp3) is 0. The highest BCUT2D eigenvalue weighted by Gasteiger charge is 1.90. The molecule has 0 saturated heterocycles. The molecule has 0 atom stereocenters. The van der Waals surface area contributed by atoms with Crippen molar-refractivity contribution >= 4 is 17.2 Å². The van der Waals surface area contributed by atoms with Gasteiger partial charge in [0.2, 0.25) is 0 Å². The summed E-state index contributed by atoms with van der Waals surface area (Å²) in [5.74, 6) is 0. The lowest BCUT2D eigenvalue weighted by Crippen LogP contribution is -1.70. The largest absolute Gasteiger partial charge is 0.181 e. The molecule has 0 aliphatic heterocycles. The van der Waals surface area contributed by atoms with Gasteiger partial charge in [-0.3, -0.25) is 0 Å². The highest BCUT2D eigenvalue weighted by molar-refractivity contribution is 6.99. The molecule has 0 aliphatic rings. The molecule has 0 N–H and O–H groups in total. The van der Waals surface area contributed by atoms with E-state index in [1.807, 2.05) is 6.07 Å². The molecule has 0 radical (unpaired) electrons. The molecule has 8 heavy (non-hydrogen) atoms. The van der Waals surface area contributed by atoms with E-state index in [9.17, 15) is 0 Å². The molecule has 2 heterocycles. The van der Waals surface area contributed by atoms with Crippen LogP contribution in [0.15, 0.2) is 18.5 Å². The van der Waals surface area contributed by atoms with Crippen LogP contribution in [-0.4, -0.2) is 13.4 Å². The molecule has 0 aliphatic carbocycles. The maximum Gasteiger partial charge on any atom is 0.0991 e. The molecule has 0 amide bonds. The average molecular weight is 125 g/mol. The summed E-state index contributed by atoms with van der Waals surface area (Å²) in [6, 6.07) is 1.92. The van der Waals surface area contributed by atoms with Crippen LogP contribution in [0.25, 0.3) is 5.52 Å². The molecule has 40 valence electrons. The minimum atomic E-state index is 1.06. The van der Waals surface area contributed by atoms with E-state index >= 15 is 0 Å². The van der Waals surface area contributed by atoms with Crippen LogP contribution in [0.1, 0.15) is 0 Å². The second kappa shape index (κ2) is 1.29. The number of fused-ring (bicyclic) bond motifs is 1. The van der Waals surface area contributed by atoms with E-state index in [4.69, 9.17) is 0 Å². The van der Waals surface area contributed by atoms with Gasteiger partial charge in [-0.1, -0.05) is 0 Å². The smallest absolute Gasteiger partial charge is 0.0991 e. The van der Waals surface area contributed by atoms with Crippen LogP contribution in [0.5, 0.6) is 0 Å². The van der Waals surface area contributed by atoms with E-state index in [0.717, 1.165) is 5.52 Å². The van der Waals surface area contributed by atoms with Crippen LogP contribution in [-0.2, 0) is 0 Å². The first kappa shape index (κ1) is 4.03. The Hall–Kier alpha value is -0.900. The van der Waals surface area contributed by atoms with Crippen molar-refractivity contribution in [2.45, 2.75) is 0 Å². The Morgan fingerprint density at radius 1 is 1.62 bits per heavy atom. The highest BCUT2D eigenvalue weighted by atomic mass is 32.1. The average Bonchev–Trinajstić information content (AvgIpc) is 2.15. The molecule has 0 bridgehead atoms. The van der Waals surface area contributed by atoms with Crippen molar-refractivity contribution in [3.63, 3.8) is 0 Å². The SMILES string of the molecule is c1cc2cnsn2n1. The van der Waals surface area contributed by atoms with E-state index in [1.54, 1.807) is 16.3 Å². The summed E-state index contributed by atoms with van der Waals surface area (Å²) < 4.78 is 5.67. The number of nitrogens with zero attached hydrogens (tertiary/aromatic N) is 3. The Balaban J connectivity index is 3.06. The van der Waals surface area contributed by atoms with Gasteiger partial charge >= 0.3 is 0 Å². The quantitative estimate of drug-likeness (QED) is 0.521. The number of hydrogen-bond acceptors (Lipinski definition) is 3. The van der Waals surface area contributed by atoms with Crippen molar-refractivity contribution in [2.24, 2.45) is 0 Å². The minimum absolute atomic E-state index is 1.06. The van der Waals surface area contributed by atoms with Gasteiger partial charge in [0.05, 0.1) is 29.6 Å². The third-order valence-electron chi connectivity index (χ3n) is 0.947. The Bertz CT molecular complexity index is 233. The van der Waals surface area contributed by atoms with Gasteiger partial charge in [-0.05, 0) is 6.07 Å². The predicted octanol–water partition coefficient (Wildman–Crippen LogP) is 0.791. The monoisotopic (exact) mass is 125 g/mol. The first-order valence-corrected chi connectivity index (χ1v) is 2.95. The number of hydrogen-bond donors (Lipinski definition) is 0. The second-order valence-electron chi connectivity index (χ2n) is 1.45. The first-order chi connectivity index (χ1) is 3.97. The van der Waals surface area contributed by atoms with E-state index in [2.05, 4.69) is 9.47 Å². The molecule has 0 saturated carbocycles. The fourth-order valence-electron chi connectivity index (χ4n) is 0.584. The molecular weight excluding hydrogens is 122 g/mol. The van der Waals surface area contributed by atoms with Gasteiger partial charge in [-0.15, -0.1) is 0 Å². The molecule has 2 aromatic rings. The van der Waals surface area contributed by atoms with Gasteiger partial charge in [-0.25, -0.2) is 0 Å². The third-order valence-corrected chi connectivity index (χ3v) is 1.61. The van der Waals surface area contributed by atoms with E-state index in [0.29, 0.717) is 0 Å². The maximum absolute atomic E-state index is 3.95. The zero-order valence-corrected chi connectivity index (χ0v) is 4.80. The van der Waals surface area contributed by atoms with Gasteiger partial charge in [0.25, 0.3) is 0 Å². The summed E-state index contributed by atoms with van der Waals surface area (Å²) in [6.07, 6.45) is 3.55. The van der Waals surface area contributed by atoms with Crippen LogP contribution < -0.4 is 0 Å². The lowest BCUT2D eigenvalue weighted by Gasteiger charge is -1.68. The van der Waals surface area contributed by atoms with Crippen LogP contribution >= 0.6 is 11.7 Å². The molecular formula is C4H3N3S. The van der Waals surface area contributed by atoms with Crippen molar-refractivity contribution in [3.05, 3.63) is 18.5 Å². The standard InChI is InChI=1S/C4H3N3S/c1-2-5-7-4(1)3-6-8-7/h1-3H. The van der Waals surface area contributed by atoms with Gasteiger partial charge in [0.15, 0.2) is 0 Å². The predicted molar refractivity (Wildman–Crippen MR) is 30.9 cm³/mol. The van der Waals surface area contributed by atoms with Crippen LogP contribution in [0.4, 0.5) is 0 Å². The zero-order chi connectivity index (χ0) is 5.40. The van der Waals surface area contributed by atoms with E-state index in [1.165, 1.54) is 11.7 Å². The van der Waals surface area contributed by atoms with Gasteiger partial charge in [0.1, 0.15) is 0 Å². The Kier molecular flexibility index (Phi) is 0.648. The van der Waals surface area contributed by atoms with Crippen molar-refractivity contribution in [2.75, 3.05) is 0 Å². The highest BCUT2D eigenvalue weighted by Crippen LogP contribution is 2.01. The first-order valence-electron chi connectivity index (χ1n) is 2.22. The number of rotatable bonds is 0. The van der Waals surface area contributed by atoms with Crippen molar-refractivity contribution in [1.82, 2.24) is 13.4 Å². The van der Waals surface area contributed by atoms with E-state index in [-0.39, 0.29) is 0 Å². The molecule has 0 unspecified atom stereocenters. The summed E-state index contributed by atoms with van der Waals surface area (Å²) in [6.45, 7) is 0. The molecule has 0 aromatic carbocycles. The summed E-state index contributed by atoms with van der Waals surface area (Å²) in [7, 11) is 0. The summed E-state index contributed by atoms with van der Waals surface area (Å²) >= 11 is 1.35.